The first-order valence-corrected chi connectivity index (χ1v) is 6.52. The molecule has 82 valence electrons. The summed E-state index contributed by atoms with van der Waals surface area (Å²) in [5, 5.41) is 0. The summed E-state index contributed by atoms with van der Waals surface area (Å²) in [6.45, 7) is 0. The molecule has 1 aliphatic rings. The van der Waals surface area contributed by atoms with E-state index in [9.17, 15) is 8.42 Å². The van der Waals surface area contributed by atoms with Gasteiger partial charge in [-0.15, -0.1) is 0 Å². The Morgan fingerprint density at radius 1 is 1.47 bits per heavy atom. The normalized spacial score (nSPS) is 16.1. The summed E-state index contributed by atoms with van der Waals surface area (Å²) >= 11 is 0. The number of nitrogens with one attached hydrogen (secondary N) is 1. The van der Waals surface area contributed by atoms with E-state index in [4.69, 9.17) is 4.74 Å². The second-order valence-electron chi connectivity index (χ2n) is 3.57. The lowest BCUT2D eigenvalue weighted by atomic mass is 10.4. The third-order valence-electron chi connectivity index (χ3n) is 1.85. The highest BCUT2D eigenvalue weighted by molar-refractivity contribution is 7.92. The first-order chi connectivity index (χ1) is 7.03. The zero-order valence-electron chi connectivity index (χ0n) is 8.30. The van der Waals surface area contributed by atoms with E-state index >= 15 is 0 Å². The average Bonchev–Trinajstić information content (AvgIpc) is 2.90. The van der Waals surface area contributed by atoms with Crippen molar-refractivity contribution in [1.29, 1.82) is 0 Å². The minimum Gasteiger partial charge on any atom is -0.489 e. The molecule has 1 aromatic heterocycles. The largest absolute Gasteiger partial charge is 0.489 e. The first kappa shape index (κ1) is 10.2. The molecule has 5 nitrogen and oxygen atoms in total. The third kappa shape index (κ3) is 3.39. The third-order valence-corrected chi connectivity index (χ3v) is 2.43. The van der Waals surface area contributed by atoms with Gasteiger partial charge in [-0.05, 0) is 25.0 Å². The topological polar surface area (TPSA) is 68.3 Å². The molecule has 6 heteroatoms. The van der Waals surface area contributed by atoms with Crippen LogP contribution < -0.4 is 9.46 Å². The van der Waals surface area contributed by atoms with E-state index in [0.29, 0.717) is 17.7 Å². The van der Waals surface area contributed by atoms with Crippen LogP contribution in [0.1, 0.15) is 12.8 Å². The molecule has 0 atom stereocenters. The fraction of sp³-hybridized carbons (Fsp3) is 0.444. The number of hydrogen-bond acceptors (Lipinski definition) is 4. The monoisotopic (exact) mass is 228 g/mol. The van der Waals surface area contributed by atoms with Crippen molar-refractivity contribution in [2.75, 3.05) is 11.0 Å². The SMILES string of the molecule is CS(=O)(=O)Nc1ccc(OC2CC2)cn1. The summed E-state index contributed by atoms with van der Waals surface area (Å²) in [4.78, 5) is 3.93. The zero-order chi connectivity index (χ0) is 10.9. The van der Waals surface area contributed by atoms with E-state index in [0.717, 1.165) is 19.1 Å². The van der Waals surface area contributed by atoms with Gasteiger partial charge in [0.2, 0.25) is 10.0 Å². The van der Waals surface area contributed by atoms with Crippen LogP contribution in [0.25, 0.3) is 0 Å². The molecular formula is C9H12N2O3S. The molecule has 0 amide bonds. The highest BCUT2D eigenvalue weighted by Crippen LogP contribution is 2.26. The van der Waals surface area contributed by atoms with Crippen molar-refractivity contribution < 1.29 is 13.2 Å². The summed E-state index contributed by atoms with van der Waals surface area (Å²) in [6.07, 6.45) is 5.10. The smallest absolute Gasteiger partial charge is 0.230 e. The van der Waals surface area contributed by atoms with Crippen LogP contribution in [0.3, 0.4) is 0 Å². The number of sulfonamides is 1. The lowest BCUT2D eigenvalue weighted by Gasteiger charge is -2.05. The summed E-state index contributed by atoms with van der Waals surface area (Å²) in [5.74, 6) is 0.984. The molecule has 2 rings (SSSR count). The van der Waals surface area contributed by atoms with Crippen molar-refractivity contribution in [2.45, 2.75) is 18.9 Å². The number of nitrogens with zero attached hydrogens (tertiary/aromatic N) is 1. The molecule has 0 radical (unpaired) electrons. The summed E-state index contributed by atoms with van der Waals surface area (Å²) in [5.41, 5.74) is 0. The average molecular weight is 228 g/mol. The number of hydrogen-bond donors (Lipinski definition) is 1. The van der Waals surface area contributed by atoms with Gasteiger partial charge in [-0.1, -0.05) is 0 Å². The number of pyridine rings is 1. The molecular weight excluding hydrogens is 216 g/mol. The van der Waals surface area contributed by atoms with Gasteiger partial charge in [-0.2, -0.15) is 0 Å². The van der Waals surface area contributed by atoms with Crippen molar-refractivity contribution in [3.63, 3.8) is 0 Å². The van der Waals surface area contributed by atoms with Crippen LogP contribution >= 0.6 is 0 Å². The maximum absolute atomic E-state index is 10.9. The predicted octanol–water partition coefficient (Wildman–Crippen LogP) is 0.994. The molecule has 0 spiro atoms. The van der Waals surface area contributed by atoms with E-state index in [1.807, 2.05) is 0 Å². The Morgan fingerprint density at radius 2 is 2.20 bits per heavy atom. The van der Waals surface area contributed by atoms with Gasteiger partial charge in [0.25, 0.3) is 0 Å². The number of aromatic nitrogens is 1. The van der Waals surface area contributed by atoms with Crippen molar-refractivity contribution in [3.8, 4) is 5.75 Å². The molecule has 0 bridgehead atoms. The van der Waals surface area contributed by atoms with Gasteiger partial charge in [0, 0.05) is 0 Å². The second-order valence-corrected chi connectivity index (χ2v) is 5.32. The van der Waals surface area contributed by atoms with Gasteiger partial charge in [0.05, 0.1) is 18.6 Å². The predicted molar refractivity (Wildman–Crippen MR) is 56.4 cm³/mol. The maximum atomic E-state index is 10.9. The molecule has 1 fully saturated rings. The lowest BCUT2D eigenvalue weighted by molar-refractivity contribution is 0.302. The van der Waals surface area contributed by atoms with Gasteiger partial charge in [-0.3, -0.25) is 4.72 Å². The second kappa shape index (κ2) is 3.69. The minimum atomic E-state index is -3.25. The Balaban J connectivity index is 2.02. The molecule has 0 aliphatic heterocycles. The quantitative estimate of drug-likeness (QED) is 0.834. The Labute approximate surface area is 88.5 Å². The van der Waals surface area contributed by atoms with Gasteiger partial charge in [0.15, 0.2) is 0 Å². The van der Waals surface area contributed by atoms with Crippen LogP contribution in [0.5, 0.6) is 5.75 Å². The van der Waals surface area contributed by atoms with E-state index in [1.54, 1.807) is 12.1 Å². The van der Waals surface area contributed by atoms with E-state index < -0.39 is 10.0 Å². The van der Waals surface area contributed by atoms with Crippen LogP contribution in [0.4, 0.5) is 5.82 Å². The van der Waals surface area contributed by atoms with Crippen LogP contribution in [0, 0.1) is 0 Å². The molecule has 1 heterocycles. The number of anilines is 1. The molecule has 15 heavy (non-hydrogen) atoms. The highest BCUT2D eigenvalue weighted by atomic mass is 32.2. The fourth-order valence-electron chi connectivity index (χ4n) is 1.08. The molecule has 1 saturated carbocycles. The van der Waals surface area contributed by atoms with Crippen LogP contribution in [0.2, 0.25) is 0 Å². The Kier molecular flexibility index (Phi) is 2.52. The molecule has 0 saturated heterocycles. The summed E-state index contributed by atoms with van der Waals surface area (Å²) in [7, 11) is -3.25. The Morgan fingerprint density at radius 3 is 2.67 bits per heavy atom. The van der Waals surface area contributed by atoms with E-state index in [-0.39, 0.29) is 0 Å². The van der Waals surface area contributed by atoms with Gasteiger partial charge >= 0.3 is 0 Å². The fourth-order valence-corrected chi connectivity index (χ4v) is 1.58. The molecule has 0 aromatic carbocycles. The van der Waals surface area contributed by atoms with Crippen molar-refractivity contribution in [1.82, 2.24) is 4.98 Å². The summed E-state index contributed by atoms with van der Waals surface area (Å²) in [6, 6.07) is 3.29. The molecule has 1 N–H and O–H groups in total. The van der Waals surface area contributed by atoms with Crippen LogP contribution in [-0.2, 0) is 10.0 Å². The molecule has 1 aliphatic carbocycles. The van der Waals surface area contributed by atoms with Gasteiger partial charge in [-0.25, -0.2) is 13.4 Å². The standard InChI is InChI=1S/C9H12N2O3S/c1-15(12,13)11-9-5-4-8(6-10-9)14-7-2-3-7/h4-7H,2-3H2,1H3,(H,10,11). The lowest BCUT2D eigenvalue weighted by Crippen LogP contribution is -2.10. The van der Waals surface area contributed by atoms with Crippen LogP contribution in [-0.4, -0.2) is 25.8 Å². The first-order valence-electron chi connectivity index (χ1n) is 4.63. The summed E-state index contributed by atoms with van der Waals surface area (Å²) < 4.78 is 29.5. The molecule has 0 unspecified atom stereocenters. The van der Waals surface area contributed by atoms with Gasteiger partial charge in [0.1, 0.15) is 11.6 Å². The van der Waals surface area contributed by atoms with Crippen molar-refractivity contribution in [2.24, 2.45) is 0 Å². The number of rotatable bonds is 4. The Bertz CT molecular complexity index is 437. The van der Waals surface area contributed by atoms with Crippen molar-refractivity contribution in [3.05, 3.63) is 18.3 Å². The minimum absolute atomic E-state index is 0.306. The van der Waals surface area contributed by atoms with E-state index in [2.05, 4.69) is 9.71 Å². The Hall–Kier alpha value is -1.30. The van der Waals surface area contributed by atoms with E-state index in [1.165, 1.54) is 6.20 Å². The van der Waals surface area contributed by atoms with Crippen LogP contribution in [0.15, 0.2) is 18.3 Å². The maximum Gasteiger partial charge on any atom is 0.230 e. The highest BCUT2D eigenvalue weighted by Gasteiger charge is 2.23. The molecule has 1 aromatic rings. The number of ether oxygens (including phenoxy) is 1. The van der Waals surface area contributed by atoms with Crippen molar-refractivity contribution >= 4 is 15.8 Å². The zero-order valence-corrected chi connectivity index (χ0v) is 9.12. The van der Waals surface area contributed by atoms with Gasteiger partial charge < -0.3 is 4.74 Å².